The summed E-state index contributed by atoms with van der Waals surface area (Å²) in [4.78, 5) is 24.7. The first kappa shape index (κ1) is 19.4. The summed E-state index contributed by atoms with van der Waals surface area (Å²) in [5, 5.41) is 4.36. The minimum atomic E-state index is -0.377. The molecule has 0 radical (unpaired) electrons. The van der Waals surface area contributed by atoms with E-state index in [1.807, 2.05) is 13.0 Å². The van der Waals surface area contributed by atoms with E-state index < -0.39 is 0 Å². The molecule has 0 atom stereocenters. The summed E-state index contributed by atoms with van der Waals surface area (Å²) >= 11 is 0. The lowest BCUT2D eigenvalue weighted by Crippen LogP contribution is -2.18. The molecule has 1 aromatic heterocycles. The van der Waals surface area contributed by atoms with Gasteiger partial charge in [-0.25, -0.2) is 5.43 Å². The third-order valence-corrected chi connectivity index (χ3v) is 4.21. The predicted molar refractivity (Wildman–Crippen MR) is 109 cm³/mol. The van der Waals surface area contributed by atoms with Crippen LogP contribution in [-0.2, 0) is 0 Å². The first-order valence-electron chi connectivity index (χ1n) is 9.17. The summed E-state index contributed by atoms with van der Waals surface area (Å²) in [6.45, 7) is 4.65. The molecule has 1 heterocycles. The predicted octanol–water partition coefficient (Wildman–Crippen LogP) is 4.04. The normalized spacial score (nSPS) is 11.1. The van der Waals surface area contributed by atoms with E-state index in [9.17, 15) is 9.59 Å². The van der Waals surface area contributed by atoms with Crippen LogP contribution in [0, 0.1) is 6.92 Å². The van der Waals surface area contributed by atoms with Crippen LogP contribution >= 0.6 is 0 Å². The molecule has 0 unspecified atom stereocenters. The molecular weight excluding hydrogens is 356 g/mol. The number of hydrazone groups is 1. The van der Waals surface area contributed by atoms with Crippen LogP contribution in [-0.4, -0.2) is 18.7 Å². The highest BCUT2D eigenvalue weighted by Gasteiger charge is 2.07. The highest BCUT2D eigenvalue weighted by Crippen LogP contribution is 2.14. The van der Waals surface area contributed by atoms with Gasteiger partial charge in [-0.1, -0.05) is 25.0 Å². The Morgan fingerprint density at radius 3 is 2.75 bits per heavy atom. The zero-order chi connectivity index (χ0) is 19.9. The van der Waals surface area contributed by atoms with Crippen molar-refractivity contribution in [2.75, 3.05) is 6.61 Å². The Bertz CT molecular complexity index is 1050. The molecule has 0 saturated heterocycles. The maximum absolute atomic E-state index is 12.5. The summed E-state index contributed by atoms with van der Waals surface area (Å²) in [7, 11) is 0. The summed E-state index contributed by atoms with van der Waals surface area (Å²) in [5.74, 6) is 0.343. The smallest absolute Gasteiger partial charge is 0.271 e. The molecule has 0 saturated carbocycles. The molecule has 2 aromatic carbocycles. The Balaban J connectivity index is 1.66. The average Bonchev–Trinajstić information content (AvgIpc) is 2.71. The first-order valence-corrected chi connectivity index (χ1v) is 9.17. The molecule has 3 rings (SSSR count). The number of carbonyl (C=O) groups is 1. The van der Waals surface area contributed by atoms with Crippen molar-refractivity contribution in [1.29, 1.82) is 0 Å². The van der Waals surface area contributed by atoms with Crippen molar-refractivity contribution in [3.05, 3.63) is 75.6 Å². The van der Waals surface area contributed by atoms with Crippen LogP contribution in [0.25, 0.3) is 11.0 Å². The number of carbonyl (C=O) groups excluding carboxylic acids is 1. The number of fused-ring (bicyclic) bond motifs is 1. The minimum absolute atomic E-state index is 0.198. The summed E-state index contributed by atoms with van der Waals surface area (Å²) < 4.78 is 11.0. The molecule has 1 N–H and O–H groups in total. The number of nitrogens with zero attached hydrogens (tertiary/aromatic N) is 1. The van der Waals surface area contributed by atoms with Gasteiger partial charge in [0.2, 0.25) is 5.43 Å². The first-order chi connectivity index (χ1) is 13.6. The molecule has 6 heteroatoms. The molecule has 3 aromatic rings. The van der Waals surface area contributed by atoms with E-state index in [4.69, 9.17) is 9.15 Å². The van der Waals surface area contributed by atoms with Gasteiger partial charge in [-0.15, -0.1) is 0 Å². The zero-order valence-electron chi connectivity index (χ0n) is 15.9. The molecule has 0 aliphatic carbocycles. The van der Waals surface area contributed by atoms with Crippen molar-refractivity contribution in [1.82, 2.24) is 5.43 Å². The van der Waals surface area contributed by atoms with E-state index in [-0.39, 0.29) is 16.9 Å². The van der Waals surface area contributed by atoms with Crippen molar-refractivity contribution < 1.29 is 13.9 Å². The van der Waals surface area contributed by atoms with Crippen LogP contribution in [0.15, 0.2) is 63.0 Å². The van der Waals surface area contributed by atoms with Crippen LogP contribution in [0.2, 0.25) is 0 Å². The van der Waals surface area contributed by atoms with Crippen LogP contribution in [0.3, 0.4) is 0 Å². The molecule has 144 valence electrons. The van der Waals surface area contributed by atoms with E-state index >= 15 is 0 Å². The fourth-order valence-electron chi connectivity index (χ4n) is 2.61. The molecule has 0 aliphatic heterocycles. The van der Waals surface area contributed by atoms with Gasteiger partial charge >= 0.3 is 0 Å². The third kappa shape index (κ3) is 4.65. The molecule has 6 nitrogen and oxygen atoms in total. The largest absolute Gasteiger partial charge is 0.494 e. The van der Waals surface area contributed by atoms with Crippen LogP contribution < -0.4 is 15.6 Å². The van der Waals surface area contributed by atoms with Gasteiger partial charge in [0.1, 0.15) is 17.6 Å². The average molecular weight is 378 g/mol. The second-order valence-corrected chi connectivity index (χ2v) is 6.45. The highest BCUT2D eigenvalue weighted by atomic mass is 16.5. The Morgan fingerprint density at radius 2 is 2.00 bits per heavy atom. The van der Waals surface area contributed by atoms with Crippen molar-refractivity contribution in [3.63, 3.8) is 0 Å². The second kappa shape index (κ2) is 8.99. The van der Waals surface area contributed by atoms with Crippen molar-refractivity contribution in [2.24, 2.45) is 5.10 Å². The number of aryl methyl sites for hydroxylation is 1. The lowest BCUT2D eigenvalue weighted by atomic mass is 10.1. The number of amides is 1. The van der Waals surface area contributed by atoms with Gasteiger partial charge in [0, 0.05) is 5.56 Å². The van der Waals surface area contributed by atoms with Gasteiger partial charge in [0.05, 0.1) is 23.8 Å². The molecule has 1 amide bonds. The van der Waals surface area contributed by atoms with Crippen molar-refractivity contribution in [3.8, 4) is 5.75 Å². The summed E-state index contributed by atoms with van der Waals surface area (Å²) in [6.07, 6.45) is 4.67. The van der Waals surface area contributed by atoms with E-state index in [1.54, 1.807) is 36.4 Å². The topological polar surface area (TPSA) is 80.9 Å². The molecule has 0 bridgehead atoms. The second-order valence-electron chi connectivity index (χ2n) is 6.45. The maximum Gasteiger partial charge on any atom is 0.271 e. The number of nitrogens with one attached hydrogen (secondary N) is 1. The number of ether oxygens (including phenoxy) is 1. The molecular formula is C22H22N2O4. The van der Waals surface area contributed by atoms with Gasteiger partial charge in [-0.3, -0.25) is 9.59 Å². The van der Waals surface area contributed by atoms with Gasteiger partial charge < -0.3 is 9.15 Å². The minimum Gasteiger partial charge on any atom is -0.494 e. The monoisotopic (exact) mass is 378 g/mol. The Kier molecular flexibility index (Phi) is 6.22. The molecule has 28 heavy (non-hydrogen) atoms. The van der Waals surface area contributed by atoms with Gasteiger partial charge in [-0.05, 0) is 49.7 Å². The fraction of sp³-hybridized carbons (Fsp3) is 0.227. The third-order valence-electron chi connectivity index (χ3n) is 4.21. The SMILES string of the molecule is CCCCOc1ccc(C(=O)N/N=C/c2coc3ccc(C)cc3c2=O)cc1. The molecule has 0 spiro atoms. The lowest BCUT2D eigenvalue weighted by molar-refractivity contribution is 0.0955. The fourth-order valence-corrected chi connectivity index (χ4v) is 2.61. The maximum atomic E-state index is 12.5. The van der Waals surface area contributed by atoms with E-state index in [2.05, 4.69) is 17.5 Å². The van der Waals surface area contributed by atoms with Gasteiger partial charge in [0.25, 0.3) is 5.91 Å². The Labute approximate surface area is 162 Å². The highest BCUT2D eigenvalue weighted by molar-refractivity contribution is 5.95. The van der Waals surface area contributed by atoms with Crippen LogP contribution in [0.1, 0.15) is 41.3 Å². The zero-order valence-corrected chi connectivity index (χ0v) is 15.9. The number of hydrogen-bond acceptors (Lipinski definition) is 5. The van der Waals surface area contributed by atoms with E-state index in [0.29, 0.717) is 23.1 Å². The van der Waals surface area contributed by atoms with Crippen molar-refractivity contribution in [2.45, 2.75) is 26.7 Å². The molecule has 0 aliphatic rings. The Hall–Kier alpha value is -3.41. The van der Waals surface area contributed by atoms with Crippen LogP contribution in [0.4, 0.5) is 0 Å². The van der Waals surface area contributed by atoms with Gasteiger partial charge in [-0.2, -0.15) is 5.10 Å². The lowest BCUT2D eigenvalue weighted by Gasteiger charge is -2.06. The quantitative estimate of drug-likeness (QED) is 0.382. The van der Waals surface area contributed by atoms with Crippen molar-refractivity contribution >= 4 is 23.1 Å². The summed E-state index contributed by atoms with van der Waals surface area (Å²) in [5.41, 5.74) is 4.40. The summed E-state index contributed by atoms with van der Waals surface area (Å²) in [6, 6.07) is 12.2. The number of unbranched alkanes of at least 4 members (excludes halogenated alkanes) is 1. The molecule has 0 fully saturated rings. The van der Waals surface area contributed by atoms with Gasteiger partial charge in [0.15, 0.2) is 0 Å². The standard InChI is InChI=1S/C22H22N2O4/c1-3-4-11-27-18-8-6-16(7-9-18)22(26)24-23-13-17-14-28-20-10-5-15(2)12-19(20)21(17)25/h5-10,12-14H,3-4,11H2,1-2H3,(H,24,26)/b23-13+. The number of rotatable bonds is 7. The van der Waals surface area contributed by atoms with Crippen LogP contribution in [0.5, 0.6) is 5.75 Å². The van der Waals surface area contributed by atoms with E-state index in [1.165, 1.54) is 12.5 Å². The Morgan fingerprint density at radius 1 is 1.21 bits per heavy atom. The van der Waals surface area contributed by atoms with E-state index in [0.717, 1.165) is 24.2 Å². The number of hydrogen-bond donors (Lipinski definition) is 1. The number of benzene rings is 2.